The van der Waals surface area contributed by atoms with Gasteiger partial charge in [0.1, 0.15) is 0 Å². The molecule has 0 aliphatic heterocycles. The van der Waals surface area contributed by atoms with Crippen molar-refractivity contribution in [3.8, 4) is 0 Å². The number of nitrogens with zero attached hydrogens (tertiary/aromatic N) is 1. The van der Waals surface area contributed by atoms with Crippen LogP contribution in [-0.2, 0) is 10.4 Å². The van der Waals surface area contributed by atoms with Gasteiger partial charge >= 0.3 is 0 Å². The Morgan fingerprint density at radius 2 is 0.960 bits per heavy atom. The Labute approximate surface area is 157 Å². The summed E-state index contributed by atoms with van der Waals surface area (Å²) in [6.07, 6.45) is 18.9. The molecule has 0 aliphatic carbocycles. The topological polar surface area (TPSA) is 112 Å². The van der Waals surface area contributed by atoms with Crippen molar-refractivity contribution >= 4 is 10.4 Å². The van der Waals surface area contributed by atoms with Gasteiger partial charge in [-0.1, -0.05) is 77.6 Å². The Bertz CT molecular complexity index is 347. The van der Waals surface area contributed by atoms with E-state index in [9.17, 15) is 0 Å². The molecular weight excluding hydrogens is 340 g/mol. The van der Waals surface area contributed by atoms with Crippen LogP contribution >= 0.6 is 0 Å². The Balaban J connectivity index is -0.000000704. The summed E-state index contributed by atoms with van der Waals surface area (Å²) in [5, 5.41) is 0. The van der Waals surface area contributed by atoms with Gasteiger partial charge in [0.05, 0.1) is 27.7 Å². The fourth-order valence-electron chi connectivity index (χ4n) is 2.60. The van der Waals surface area contributed by atoms with Gasteiger partial charge in [-0.3, -0.25) is 4.55 Å². The lowest BCUT2D eigenvalue weighted by Crippen LogP contribution is -2.35. The smallest absolute Gasteiger partial charge is 0.215 e. The van der Waals surface area contributed by atoms with Crippen molar-refractivity contribution in [2.45, 2.75) is 90.4 Å². The van der Waals surface area contributed by atoms with Crippen LogP contribution in [0.4, 0.5) is 0 Å². The van der Waals surface area contributed by atoms with Crippen molar-refractivity contribution in [2.75, 3.05) is 27.7 Å². The van der Waals surface area contributed by atoms with E-state index in [1.165, 1.54) is 90.0 Å². The minimum atomic E-state index is -4.92. The lowest BCUT2D eigenvalue weighted by atomic mass is 10.0. The van der Waals surface area contributed by atoms with Crippen LogP contribution in [0.1, 0.15) is 90.4 Å². The SMILES string of the molecule is CCCCCCCCCCCCCCC[N+](C)(C)C.N.O=S(=O)([O-])O. The molecule has 0 bridgehead atoms. The van der Waals surface area contributed by atoms with Gasteiger partial charge in [0, 0.05) is 0 Å². The van der Waals surface area contributed by atoms with Crippen LogP contribution in [0.15, 0.2) is 0 Å². The van der Waals surface area contributed by atoms with Crippen LogP contribution in [0.5, 0.6) is 0 Å². The van der Waals surface area contributed by atoms with Crippen LogP contribution in [0.2, 0.25) is 0 Å². The highest BCUT2D eigenvalue weighted by Crippen LogP contribution is 2.12. The minimum absolute atomic E-state index is 0. The Morgan fingerprint density at radius 3 is 1.20 bits per heavy atom. The summed E-state index contributed by atoms with van der Waals surface area (Å²) in [7, 11) is 1.96. The lowest BCUT2D eigenvalue weighted by Gasteiger charge is -2.23. The van der Waals surface area contributed by atoms with Crippen molar-refractivity contribution < 1.29 is 22.0 Å². The van der Waals surface area contributed by atoms with Gasteiger partial charge in [-0.25, -0.2) is 8.42 Å². The monoisotopic (exact) mass is 384 g/mol. The molecule has 0 aromatic rings. The van der Waals surface area contributed by atoms with Gasteiger partial charge in [-0.15, -0.1) is 0 Å². The third-order valence-electron chi connectivity index (χ3n) is 3.93. The van der Waals surface area contributed by atoms with E-state index in [4.69, 9.17) is 17.5 Å². The highest BCUT2D eigenvalue weighted by Gasteiger charge is 2.04. The third-order valence-corrected chi connectivity index (χ3v) is 3.93. The number of rotatable bonds is 14. The molecule has 7 heteroatoms. The maximum absolute atomic E-state index is 8.63. The fourth-order valence-corrected chi connectivity index (χ4v) is 2.60. The van der Waals surface area contributed by atoms with Gasteiger partial charge in [-0.05, 0) is 12.8 Å². The van der Waals surface area contributed by atoms with Gasteiger partial charge in [0.2, 0.25) is 10.4 Å². The molecule has 0 atom stereocenters. The zero-order valence-corrected chi connectivity index (χ0v) is 18.0. The van der Waals surface area contributed by atoms with Crippen molar-refractivity contribution in [3.05, 3.63) is 0 Å². The molecule has 0 aromatic carbocycles. The van der Waals surface area contributed by atoms with E-state index >= 15 is 0 Å². The second-order valence-corrected chi connectivity index (χ2v) is 8.54. The Hall–Kier alpha value is -0.210. The van der Waals surface area contributed by atoms with Crippen molar-refractivity contribution in [2.24, 2.45) is 0 Å². The van der Waals surface area contributed by atoms with Crippen LogP contribution in [0, 0.1) is 0 Å². The quantitative estimate of drug-likeness (QED) is 0.190. The number of hydrogen-bond acceptors (Lipinski definition) is 4. The van der Waals surface area contributed by atoms with Crippen molar-refractivity contribution in [3.63, 3.8) is 0 Å². The van der Waals surface area contributed by atoms with E-state index in [-0.39, 0.29) is 6.15 Å². The van der Waals surface area contributed by atoms with Gasteiger partial charge in [0.15, 0.2) is 0 Å². The van der Waals surface area contributed by atoms with Gasteiger partial charge in [0.25, 0.3) is 0 Å². The van der Waals surface area contributed by atoms with E-state index in [0.29, 0.717) is 0 Å². The van der Waals surface area contributed by atoms with E-state index in [0.717, 1.165) is 4.48 Å². The zero-order chi connectivity index (χ0) is 18.9. The largest absolute Gasteiger partial charge is 0.726 e. The van der Waals surface area contributed by atoms with E-state index < -0.39 is 10.4 Å². The van der Waals surface area contributed by atoms with E-state index in [2.05, 4.69) is 28.1 Å². The van der Waals surface area contributed by atoms with Crippen molar-refractivity contribution in [1.29, 1.82) is 0 Å². The second kappa shape index (κ2) is 18.6. The second-order valence-electron chi connectivity index (χ2n) is 7.68. The molecule has 4 N–H and O–H groups in total. The first-order chi connectivity index (χ1) is 11.1. The highest BCUT2D eigenvalue weighted by molar-refractivity contribution is 7.79. The standard InChI is InChI=1S/C18H40N.H3N.H2O4S/c1-5-6-7-8-9-10-11-12-13-14-15-16-17-18-19(2,3)4;;1-5(2,3)4/h5-18H2,1-4H3;1H3;(H2,1,2,3,4)/q+1;;/p-1. The number of quaternary nitrogens is 1. The van der Waals surface area contributed by atoms with Crippen LogP contribution in [0.3, 0.4) is 0 Å². The predicted molar refractivity (Wildman–Crippen MR) is 106 cm³/mol. The first-order valence-corrected chi connectivity index (χ1v) is 10.9. The molecule has 0 rings (SSSR count). The minimum Gasteiger partial charge on any atom is -0.726 e. The molecule has 0 amide bonds. The van der Waals surface area contributed by atoms with Gasteiger partial charge < -0.3 is 15.2 Å². The molecule has 156 valence electrons. The van der Waals surface area contributed by atoms with Crippen LogP contribution in [-0.4, -0.2) is 49.7 Å². The predicted octanol–water partition coefficient (Wildman–Crippen LogP) is 4.95. The van der Waals surface area contributed by atoms with E-state index in [1.54, 1.807) is 0 Å². The Kier molecular flexibility index (Phi) is 22.0. The summed E-state index contributed by atoms with van der Waals surface area (Å²) in [5.74, 6) is 0. The van der Waals surface area contributed by atoms with Crippen molar-refractivity contribution in [1.82, 2.24) is 6.15 Å². The van der Waals surface area contributed by atoms with Gasteiger partial charge in [-0.2, -0.15) is 0 Å². The summed E-state index contributed by atoms with van der Waals surface area (Å²) < 4.78 is 34.0. The summed E-state index contributed by atoms with van der Waals surface area (Å²) in [6.45, 7) is 3.62. The third kappa shape index (κ3) is 45.3. The zero-order valence-electron chi connectivity index (χ0n) is 17.1. The van der Waals surface area contributed by atoms with Crippen LogP contribution in [0.25, 0.3) is 0 Å². The average molecular weight is 385 g/mol. The average Bonchev–Trinajstić information content (AvgIpc) is 2.41. The molecule has 0 radical (unpaired) electrons. The lowest BCUT2D eigenvalue weighted by molar-refractivity contribution is -0.870. The Morgan fingerprint density at radius 1 is 0.720 bits per heavy atom. The van der Waals surface area contributed by atoms with E-state index in [1.807, 2.05) is 0 Å². The summed E-state index contributed by atoms with van der Waals surface area (Å²) in [5.41, 5.74) is 0. The fraction of sp³-hybridized carbons (Fsp3) is 1.00. The first kappa shape index (κ1) is 29.5. The summed E-state index contributed by atoms with van der Waals surface area (Å²) in [4.78, 5) is 0. The molecule has 0 saturated carbocycles. The molecule has 0 saturated heterocycles. The molecule has 0 unspecified atom stereocenters. The molecule has 6 nitrogen and oxygen atoms in total. The highest BCUT2D eigenvalue weighted by atomic mass is 32.3. The summed E-state index contributed by atoms with van der Waals surface area (Å²) >= 11 is 0. The molecular formula is C18H44N2O4S. The summed E-state index contributed by atoms with van der Waals surface area (Å²) in [6, 6.07) is 0. The van der Waals surface area contributed by atoms with Crippen LogP contribution < -0.4 is 6.15 Å². The molecule has 0 aromatic heterocycles. The molecule has 0 aliphatic rings. The maximum Gasteiger partial charge on any atom is 0.215 e. The molecule has 0 fully saturated rings. The molecule has 0 spiro atoms. The first-order valence-electron chi connectivity index (χ1n) is 9.55. The molecule has 25 heavy (non-hydrogen) atoms. The number of unbranched alkanes of at least 4 members (excludes halogenated alkanes) is 12. The number of hydrogen-bond donors (Lipinski definition) is 2. The normalized spacial score (nSPS) is 11.4. The maximum atomic E-state index is 8.63. The molecule has 0 heterocycles.